The van der Waals surface area contributed by atoms with Crippen molar-refractivity contribution in [2.75, 3.05) is 45.2 Å². The van der Waals surface area contributed by atoms with Gasteiger partial charge in [-0.1, -0.05) is 18.2 Å². The molecule has 1 saturated heterocycles. The largest absolute Gasteiger partial charge is 0.497 e. The van der Waals surface area contributed by atoms with Crippen molar-refractivity contribution in [2.45, 2.75) is 13.3 Å². The number of ether oxygens (including phenoxy) is 1. The van der Waals surface area contributed by atoms with E-state index < -0.39 is 4.92 Å². The monoisotopic (exact) mass is 426 g/mol. The second-order valence-corrected chi connectivity index (χ2v) is 7.49. The number of nitro benzene ring substituents is 1. The van der Waals surface area contributed by atoms with Gasteiger partial charge in [-0.25, -0.2) is 0 Å². The van der Waals surface area contributed by atoms with Gasteiger partial charge in [0.05, 0.1) is 25.0 Å². The van der Waals surface area contributed by atoms with Gasteiger partial charge >= 0.3 is 0 Å². The normalized spacial score (nSPS) is 14.2. The number of carbonyl (C=O) groups excluding carboxylic acids is 2. The van der Waals surface area contributed by atoms with E-state index in [0.29, 0.717) is 43.9 Å². The number of carbonyl (C=O) groups is 2. The van der Waals surface area contributed by atoms with Crippen LogP contribution in [0.25, 0.3) is 0 Å². The van der Waals surface area contributed by atoms with E-state index in [4.69, 9.17) is 4.74 Å². The lowest BCUT2D eigenvalue weighted by atomic mass is 10.1. The zero-order valence-electron chi connectivity index (χ0n) is 17.7. The van der Waals surface area contributed by atoms with E-state index in [2.05, 4.69) is 5.32 Å². The second-order valence-electron chi connectivity index (χ2n) is 7.49. The number of hydrogen-bond acceptors (Lipinski definition) is 6. The van der Waals surface area contributed by atoms with Gasteiger partial charge in [-0.15, -0.1) is 0 Å². The van der Waals surface area contributed by atoms with Crippen LogP contribution in [0.5, 0.6) is 5.75 Å². The number of nitro groups is 1. The fourth-order valence-corrected chi connectivity index (χ4v) is 3.51. The van der Waals surface area contributed by atoms with Crippen molar-refractivity contribution in [1.82, 2.24) is 9.80 Å². The number of hydrogen-bond donors (Lipinski definition) is 1. The highest BCUT2D eigenvalue weighted by atomic mass is 16.6. The Labute approximate surface area is 180 Å². The Balaban J connectivity index is 1.47. The first kappa shape index (κ1) is 22.2. The summed E-state index contributed by atoms with van der Waals surface area (Å²) in [7, 11) is 1.59. The predicted octanol–water partition coefficient (Wildman–Crippen LogP) is 2.24. The van der Waals surface area contributed by atoms with Crippen LogP contribution in [0, 0.1) is 17.0 Å². The fourth-order valence-electron chi connectivity index (χ4n) is 3.51. The highest BCUT2D eigenvalue weighted by molar-refractivity contribution is 5.92. The van der Waals surface area contributed by atoms with Crippen LogP contribution < -0.4 is 10.1 Å². The molecule has 1 heterocycles. The number of amides is 2. The molecule has 1 fully saturated rings. The molecule has 1 aliphatic heterocycles. The van der Waals surface area contributed by atoms with Gasteiger partial charge in [0, 0.05) is 43.5 Å². The number of aryl methyl sites for hydroxylation is 1. The van der Waals surface area contributed by atoms with E-state index in [0.717, 1.165) is 11.3 Å². The number of benzene rings is 2. The minimum absolute atomic E-state index is 0.0269. The summed E-state index contributed by atoms with van der Waals surface area (Å²) in [4.78, 5) is 39.3. The van der Waals surface area contributed by atoms with E-state index in [1.54, 1.807) is 31.1 Å². The second kappa shape index (κ2) is 10.0. The summed E-state index contributed by atoms with van der Waals surface area (Å²) >= 11 is 0. The van der Waals surface area contributed by atoms with Crippen LogP contribution in [0.4, 0.5) is 11.4 Å². The van der Waals surface area contributed by atoms with Crippen molar-refractivity contribution in [2.24, 2.45) is 0 Å². The van der Waals surface area contributed by atoms with E-state index in [9.17, 15) is 19.7 Å². The summed E-state index contributed by atoms with van der Waals surface area (Å²) in [5, 5.41) is 13.8. The highest BCUT2D eigenvalue weighted by Crippen LogP contribution is 2.22. The number of anilines is 1. The Bertz CT molecular complexity index is 970. The number of nitrogens with zero attached hydrogens (tertiary/aromatic N) is 3. The summed E-state index contributed by atoms with van der Waals surface area (Å²) in [5.74, 6) is 0.527. The molecule has 0 bridgehead atoms. The Hall–Kier alpha value is -3.46. The zero-order chi connectivity index (χ0) is 22.4. The average Bonchev–Trinajstić information content (AvgIpc) is 2.75. The van der Waals surface area contributed by atoms with Crippen LogP contribution in [0.2, 0.25) is 0 Å². The molecule has 0 saturated carbocycles. The highest BCUT2D eigenvalue weighted by Gasteiger charge is 2.23. The third-order valence-corrected chi connectivity index (χ3v) is 5.27. The third kappa shape index (κ3) is 6.02. The number of rotatable bonds is 7. The van der Waals surface area contributed by atoms with Crippen molar-refractivity contribution in [3.63, 3.8) is 0 Å². The maximum atomic E-state index is 12.6. The summed E-state index contributed by atoms with van der Waals surface area (Å²) in [6.07, 6.45) is 0.309. The SMILES string of the molecule is COc1cccc(CC(=O)N2CCN(CC(=O)Nc3ccc(C)c([N+](=O)[O-])c3)CC2)c1. The van der Waals surface area contributed by atoms with Crippen molar-refractivity contribution >= 4 is 23.2 Å². The molecule has 0 spiro atoms. The summed E-state index contributed by atoms with van der Waals surface area (Å²) in [6.45, 7) is 4.09. The van der Waals surface area contributed by atoms with E-state index >= 15 is 0 Å². The Morgan fingerprint density at radius 2 is 1.87 bits per heavy atom. The van der Waals surface area contributed by atoms with Crippen LogP contribution in [0.1, 0.15) is 11.1 Å². The molecule has 1 aliphatic rings. The van der Waals surface area contributed by atoms with Crippen molar-refractivity contribution < 1.29 is 19.2 Å². The van der Waals surface area contributed by atoms with E-state index in [-0.39, 0.29) is 24.0 Å². The molecule has 9 heteroatoms. The predicted molar refractivity (Wildman–Crippen MR) is 116 cm³/mol. The molecule has 9 nitrogen and oxygen atoms in total. The molecule has 3 rings (SSSR count). The van der Waals surface area contributed by atoms with Crippen LogP contribution >= 0.6 is 0 Å². The van der Waals surface area contributed by atoms with Crippen LogP contribution in [-0.2, 0) is 16.0 Å². The molecule has 0 atom stereocenters. The smallest absolute Gasteiger partial charge is 0.274 e. The third-order valence-electron chi connectivity index (χ3n) is 5.27. The molecule has 0 aliphatic carbocycles. The maximum absolute atomic E-state index is 12.6. The molecule has 2 aromatic rings. The molecule has 0 radical (unpaired) electrons. The van der Waals surface area contributed by atoms with Crippen LogP contribution in [0.3, 0.4) is 0 Å². The topological polar surface area (TPSA) is 105 Å². The van der Waals surface area contributed by atoms with Crippen LogP contribution in [0.15, 0.2) is 42.5 Å². The molecule has 0 aromatic heterocycles. The molecule has 2 amide bonds. The van der Waals surface area contributed by atoms with Crippen molar-refractivity contribution in [3.8, 4) is 5.75 Å². The van der Waals surface area contributed by atoms with Crippen LogP contribution in [-0.4, -0.2) is 66.4 Å². The first-order valence-electron chi connectivity index (χ1n) is 10.0. The van der Waals surface area contributed by atoms with Gasteiger partial charge in [0.25, 0.3) is 5.69 Å². The van der Waals surface area contributed by atoms with Gasteiger partial charge in [-0.2, -0.15) is 0 Å². The number of nitrogens with one attached hydrogen (secondary N) is 1. The molecule has 1 N–H and O–H groups in total. The lowest BCUT2D eigenvalue weighted by Gasteiger charge is -2.34. The standard InChI is InChI=1S/C22H26N4O5/c1-16-6-7-18(14-20(16)26(29)30)23-21(27)15-24-8-10-25(11-9-24)22(28)13-17-4-3-5-19(12-17)31-2/h3-7,12,14H,8-11,13,15H2,1-2H3,(H,23,27). The molecular formula is C22H26N4O5. The van der Waals surface area contributed by atoms with Gasteiger partial charge in [0.15, 0.2) is 0 Å². The first-order chi connectivity index (χ1) is 14.9. The number of methoxy groups -OCH3 is 1. The minimum atomic E-state index is -0.466. The Morgan fingerprint density at radius 3 is 2.55 bits per heavy atom. The Kier molecular flexibility index (Phi) is 7.19. The van der Waals surface area contributed by atoms with Gasteiger partial charge in [-0.05, 0) is 30.7 Å². The van der Waals surface area contributed by atoms with Gasteiger partial charge in [0.2, 0.25) is 11.8 Å². The molecule has 164 valence electrons. The Morgan fingerprint density at radius 1 is 1.13 bits per heavy atom. The maximum Gasteiger partial charge on any atom is 0.274 e. The molecule has 31 heavy (non-hydrogen) atoms. The van der Waals surface area contributed by atoms with E-state index in [1.165, 1.54) is 6.07 Å². The minimum Gasteiger partial charge on any atom is -0.497 e. The first-order valence-corrected chi connectivity index (χ1v) is 10.0. The quantitative estimate of drug-likeness (QED) is 0.538. The zero-order valence-corrected chi connectivity index (χ0v) is 17.7. The molecule has 0 unspecified atom stereocenters. The van der Waals surface area contributed by atoms with Gasteiger partial charge in [0.1, 0.15) is 5.75 Å². The summed E-state index contributed by atoms with van der Waals surface area (Å²) < 4.78 is 5.20. The van der Waals surface area contributed by atoms with Crippen molar-refractivity contribution in [1.29, 1.82) is 0 Å². The average molecular weight is 426 g/mol. The molecular weight excluding hydrogens is 400 g/mol. The van der Waals surface area contributed by atoms with E-state index in [1.807, 2.05) is 29.2 Å². The summed E-state index contributed by atoms with van der Waals surface area (Å²) in [6, 6.07) is 12.1. The lowest BCUT2D eigenvalue weighted by Crippen LogP contribution is -2.50. The van der Waals surface area contributed by atoms with Gasteiger partial charge in [-0.3, -0.25) is 24.6 Å². The summed E-state index contributed by atoms with van der Waals surface area (Å²) in [5.41, 5.74) is 1.81. The fraction of sp³-hybridized carbons (Fsp3) is 0.364. The molecule has 2 aromatic carbocycles. The lowest BCUT2D eigenvalue weighted by molar-refractivity contribution is -0.385. The van der Waals surface area contributed by atoms with Crippen molar-refractivity contribution in [3.05, 3.63) is 63.7 Å². The van der Waals surface area contributed by atoms with Gasteiger partial charge < -0.3 is 15.0 Å². The number of piperazine rings is 1.